The first-order chi connectivity index (χ1) is 9.86. The average Bonchev–Trinajstić information content (AvgIpc) is 2.42. The molecule has 0 spiro atoms. The molecule has 1 heterocycles. The second-order valence-corrected chi connectivity index (χ2v) is 5.56. The number of nitrogens with one attached hydrogen (secondary N) is 1. The predicted molar refractivity (Wildman–Crippen MR) is 82.4 cm³/mol. The van der Waals surface area contributed by atoms with Crippen LogP contribution in [0.1, 0.15) is 41.4 Å². The summed E-state index contributed by atoms with van der Waals surface area (Å²) in [5.74, 6) is -0.576. The van der Waals surface area contributed by atoms with Crippen molar-refractivity contribution in [3.63, 3.8) is 0 Å². The number of benzene rings is 1. The van der Waals surface area contributed by atoms with Gasteiger partial charge in [0.1, 0.15) is 11.0 Å². The van der Waals surface area contributed by atoms with E-state index in [0.29, 0.717) is 11.3 Å². The largest absolute Gasteiger partial charge is 0.322 e. The van der Waals surface area contributed by atoms with Gasteiger partial charge in [0, 0.05) is 16.9 Å². The number of carbonyl (C=O) groups excluding carboxylic acids is 1. The van der Waals surface area contributed by atoms with E-state index in [1.54, 1.807) is 19.1 Å². The highest BCUT2D eigenvalue weighted by Crippen LogP contribution is 2.20. The van der Waals surface area contributed by atoms with Crippen LogP contribution in [0.4, 0.5) is 10.1 Å². The molecule has 0 saturated heterocycles. The molecule has 3 nitrogen and oxygen atoms in total. The van der Waals surface area contributed by atoms with Crippen LogP contribution >= 0.6 is 11.6 Å². The highest BCUT2D eigenvalue weighted by Gasteiger charge is 2.12. The number of nitrogens with zero attached hydrogens (tertiary/aromatic N) is 1. The van der Waals surface area contributed by atoms with Crippen molar-refractivity contribution < 1.29 is 9.18 Å². The van der Waals surface area contributed by atoms with Crippen molar-refractivity contribution in [3.8, 4) is 0 Å². The van der Waals surface area contributed by atoms with Gasteiger partial charge in [-0.1, -0.05) is 31.5 Å². The van der Waals surface area contributed by atoms with Crippen LogP contribution in [0.5, 0.6) is 0 Å². The Morgan fingerprint density at radius 2 is 2.00 bits per heavy atom. The number of amides is 1. The molecule has 110 valence electrons. The second-order valence-electron chi connectivity index (χ2n) is 5.17. The smallest absolute Gasteiger partial charge is 0.255 e. The monoisotopic (exact) mass is 306 g/mol. The number of carbonyl (C=O) groups is 1. The summed E-state index contributed by atoms with van der Waals surface area (Å²) in [6, 6.07) is 7.45. The number of hydrogen-bond acceptors (Lipinski definition) is 2. The van der Waals surface area contributed by atoms with Gasteiger partial charge < -0.3 is 5.32 Å². The molecule has 0 bridgehead atoms. The van der Waals surface area contributed by atoms with Crippen molar-refractivity contribution in [1.82, 2.24) is 4.98 Å². The lowest BCUT2D eigenvalue weighted by molar-refractivity contribution is 0.102. The van der Waals surface area contributed by atoms with Gasteiger partial charge in [0.2, 0.25) is 0 Å². The molecule has 5 heteroatoms. The molecule has 0 aliphatic heterocycles. The average molecular weight is 307 g/mol. The van der Waals surface area contributed by atoms with E-state index < -0.39 is 5.82 Å². The Hall–Kier alpha value is -1.94. The van der Waals surface area contributed by atoms with Gasteiger partial charge in [-0.15, -0.1) is 0 Å². The highest BCUT2D eigenvalue weighted by atomic mass is 35.5. The van der Waals surface area contributed by atoms with Crippen LogP contribution in [0.2, 0.25) is 5.15 Å². The molecule has 0 unspecified atom stereocenters. The molecule has 0 atom stereocenters. The number of aryl methyl sites for hydroxylation is 1. The summed E-state index contributed by atoms with van der Waals surface area (Å²) in [5.41, 5.74) is 2.37. The minimum absolute atomic E-state index is 0.158. The minimum atomic E-state index is -0.397. The quantitative estimate of drug-likeness (QED) is 0.845. The van der Waals surface area contributed by atoms with Crippen molar-refractivity contribution in [2.24, 2.45) is 0 Å². The number of halogens is 2. The molecule has 2 rings (SSSR count). The molecule has 1 amide bonds. The van der Waals surface area contributed by atoms with E-state index in [2.05, 4.69) is 10.3 Å². The van der Waals surface area contributed by atoms with Gasteiger partial charge in [-0.25, -0.2) is 9.37 Å². The van der Waals surface area contributed by atoms with Crippen molar-refractivity contribution >= 4 is 23.2 Å². The first-order valence-corrected chi connectivity index (χ1v) is 6.99. The Bertz CT molecular complexity index is 686. The lowest BCUT2D eigenvalue weighted by Crippen LogP contribution is -2.14. The van der Waals surface area contributed by atoms with E-state index in [1.807, 2.05) is 13.8 Å². The lowest BCUT2D eigenvalue weighted by Gasteiger charge is -2.11. The molecule has 1 aromatic heterocycles. The Balaban J connectivity index is 2.30. The summed E-state index contributed by atoms with van der Waals surface area (Å²) in [4.78, 5) is 16.5. The number of anilines is 1. The van der Waals surface area contributed by atoms with E-state index in [9.17, 15) is 9.18 Å². The summed E-state index contributed by atoms with van der Waals surface area (Å²) >= 11 is 5.95. The summed E-state index contributed by atoms with van der Waals surface area (Å²) in [5, 5.41) is 2.96. The third kappa shape index (κ3) is 3.79. The number of pyridine rings is 1. The Morgan fingerprint density at radius 1 is 1.29 bits per heavy atom. The first kappa shape index (κ1) is 15.4. The van der Waals surface area contributed by atoms with Crippen molar-refractivity contribution in [3.05, 3.63) is 58.1 Å². The molecule has 1 aromatic carbocycles. The zero-order chi connectivity index (χ0) is 15.6. The molecular weight excluding hydrogens is 291 g/mol. The summed E-state index contributed by atoms with van der Waals surface area (Å²) in [6.07, 6.45) is 0. The molecule has 0 saturated carbocycles. The van der Waals surface area contributed by atoms with E-state index in [0.717, 1.165) is 11.3 Å². The maximum Gasteiger partial charge on any atom is 0.255 e. The molecule has 2 aromatic rings. The molecule has 0 aliphatic carbocycles. The van der Waals surface area contributed by atoms with Crippen LogP contribution in [-0.4, -0.2) is 10.9 Å². The van der Waals surface area contributed by atoms with Gasteiger partial charge in [-0.2, -0.15) is 0 Å². The van der Waals surface area contributed by atoms with Gasteiger partial charge in [-0.05, 0) is 42.7 Å². The standard InChI is InChI=1S/C16H16ClFN2O/c1-9(2)13-6-11(7-15(17)19-13)16(21)20-14-8-12(18)5-4-10(14)3/h4-9H,1-3H3,(H,20,21). The third-order valence-electron chi connectivity index (χ3n) is 3.12. The van der Waals surface area contributed by atoms with Crippen LogP contribution in [0, 0.1) is 12.7 Å². The SMILES string of the molecule is Cc1ccc(F)cc1NC(=O)c1cc(Cl)nc(C(C)C)c1. The van der Waals surface area contributed by atoms with E-state index in [-0.39, 0.29) is 17.0 Å². The topological polar surface area (TPSA) is 42.0 Å². The van der Waals surface area contributed by atoms with Crippen LogP contribution in [0.15, 0.2) is 30.3 Å². The van der Waals surface area contributed by atoms with Crippen LogP contribution in [0.25, 0.3) is 0 Å². The summed E-state index contributed by atoms with van der Waals surface area (Å²) < 4.78 is 13.3. The summed E-state index contributed by atoms with van der Waals surface area (Å²) in [7, 11) is 0. The number of aromatic nitrogens is 1. The number of rotatable bonds is 3. The van der Waals surface area contributed by atoms with Crippen molar-refractivity contribution in [2.75, 3.05) is 5.32 Å². The predicted octanol–water partition coefficient (Wildman–Crippen LogP) is 4.56. The van der Waals surface area contributed by atoms with Gasteiger partial charge in [0.25, 0.3) is 5.91 Å². The first-order valence-electron chi connectivity index (χ1n) is 6.62. The lowest BCUT2D eigenvalue weighted by atomic mass is 10.1. The Kier molecular flexibility index (Phi) is 4.58. The van der Waals surface area contributed by atoms with E-state index >= 15 is 0 Å². The molecule has 1 N–H and O–H groups in total. The molecule has 0 radical (unpaired) electrons. The van der Waals surface area contributed by atoms with E-state index in [4.69, 9.17) is 11.6 Å². The Labute approximate surface area is 128 Å². The fraction of sp³-hybridized carbons (Fsp3) is 0.250. The zero-order valence-corrected chi connectivity index (χ0v) is 12.8. The fourth-order valence-corrected chi connectivity index (χ4v) is 2.08. The van der Waals surface area contributed by atoms with Crippen molar-refractivity contribution in [2.45, 2.75) is 26.7 Å². The van der Waals surface area contributed by atoms with Gasteiger partial charge >= 0.3 is 0 Å². The van der Waals surface area contributed by atoms with Gasteiger partial charge in [0.15, 0.2) is 0 Å². The zero-order valence-electron chi connectivity index (χ0n) is 12.1. The number of hydrogen-bond donors (Lipinski definition) is 1. The maximum atomic E-state index is 13.3. The van der Waals surface area contributed by atoms with E-state index in [1.165, 1.54) is 18.2 Å². The van der Waals surface area contributed by atoms with Crippen LogP contribution < -0.4 is 5.32 Å². The van der Waals surface area contributed by atoms with Crippen molar-refractivity contribution in [1.29, 1.82) is 0 Å². The molecular formula is C16H16ClFN2O. The van der Waals surface area contributed by atoms with Crippen LogP contribution in [0.3, 0.4) is 0 Å². The second kappa shape index (κ2) is 6.22. The Morgan fingerprint density at radius 3 is 2.67 bits per heavy atom. The molecule has 0 fully saturated rings. The van der Waals surface area contributed by atoms with Gasteiger partial charge in [-0.3, -0.25) is 4.79 Å². The van der Waals surface area contributed by atoms with Gasteiger partial charge in [0.05, 0.1) is 0 Å². The maximum absolute atomic E-state index is 13.3. The normalized spacial score (nSPS) is 10.8. The minimum Gasteiger partial charge on any atom is -0.322 e. The highest BCUT2D eigenvalue weighted by molar-refractivity contribution is 6.29. The van der Waals surface area contributed by atoms with Crippen LogP contribution in [-0.2, 0) is 0 Å². The molecule has 0 aliphatic rings. The third-order valence-corrected chi connectivity index (χ3v) is 3.31. The molecule has 21 heavy (non-hydrogen) atoms. The summed E-state index contributed by atoms with van der Waals surface area (Å²) in [6.45, 7) is 5.74. The fourth-order valence-electron chi connectivity index (χ4n) is 1.87.